The molecule has 1 amide bonds. The standard InChI is InChI=1S/C23H18N2O6/c1-13-10-15(23(27)28)6-8-17(13)18-9-7-16(30-18)12-24-25-22(26)20-11-14-4-3-5-19(29-2)21(14)31-20/h3-12H,1-2H3,(H,25,26)(H,27,28)/b24-12-. The molecular formula is C23H18N2O6. The fourth-order valence-electron chi connectivity index (χ4n) is 3.16. The van der Waals surface area contributed by atoms with E-state index < -0.39 is 11.9 Å². The minimum atomic E-state index is -0.986. The van der Waals surface area contributed by atoms with Crippen molar-refractivity contribution in [2.24, 2.45) is 5.10 Å². The molecule has 2 N–H and O–H groups in total. The number of benzene rings is 2. The van der Waals surface area contributed by atoms with Crippen molar-refractivity contribution in [3.05, 3.63) is 77.2 Å². The Bertz CT molecular complexity index is 1310. The lowest BCUT2D eigenvalue weighted by Gasteiger charge is -2.03. The molecule has 0 aliphatic rings. The van der Waals surface area contributed by atoms with Crippen LogP contribution >= 0.6 is 0 Å². The number of para-hydroxylation sites is 1. The van der Waals surface area contributed by atoms with Gasteiger partial charge in [-0.05, 0) is 48.9 Å². The van der Waals surface area contributed by atoms with E-state index in [0.717, 1.165) is 16.5 Å². The SMILES string of the molecule is COc1cccc2cc(C(=O)N/N=C\c3ccc(-c4ccc(C(=O)O)cc4C)o3)oc12. The molecular weight excluding hydrogens is 400 g/mol. The van der Waals surface area contributed by atoms with Crippen LogP contribution in [0.3, 0.4) is 0 Å². The number of rotatable bonds is 6. The van der Waals surface area contributed by atoms with Gasteiger partial charge in [0.1, 0.15) is 11.5 Å². The first-order chi connectivity index (χ1) is 15.0. The third kappa shape index (κ3) is 4.04. The molecule has 8 heteroatoms. The largest absolute Gasteiger partial charge is 0.493 e. The maximum Gasteiger partial charge on any atom is 0.335 e. The average Bonchev–Trinajstić information content (AvgIpc) is 3.40. The molecule has 0 atom stereocenters. The van der Waals surface area contributed by atoms with Gasteiger partial charge in [0, 0.05) is 10.9 Å². The lowest BCUT2D eigenvalue weighted by molar-refractivity contribution is 0.0696. The zero-order valence-electron chi connectivity index (χ0n) is 16.7. The van der Waals surface area contributed by atoms with Crippen molar-refractivity contribution in [3.63, 3.8) is 0 Å². The second-order valence-electron chi connectivity index (χ2n) is 6.73. The van der Waals surface area contributed by atoms with E-state index in [1.165, 1.54) is 19.4 Å². The Kier molecular flexibility index (Phi) is 5.28. The van der Waals surface area contributed by atoms with Crippen molar-refractivity contribution in [1.29, 1.82) is 0 Å². The summed E-state index contributed by atoms with van der Waals surface area (Å²) in [5.41, 5.74) is 4.63. The molecule has 4 rings (SSSR count). The number of nitrogens with zero attached hydrogens (tertiary/aromatic N) is 1. The van der Waals surface area contributed by atoms with Crippen LogP contribution in [-0.2, 0) is 0 Å². The highest BCUT2D eigenvalue weighted by Gasteiger charge is 2.14. The third-order valence-electron chi connectivity index (χ3n) is 4.68. The summed E-state index contributed by atoms with van der Waals surface area (Å²) in [6.45, 7) is 1.81. The number of aromatic carboxylic acids is 1. The van der Waals surface area contributed by atoms with Gasteiger partial charge < -0.3 is 18.7 Å². The lowest BCUT2D eigenvalue weighted by atomic mass is 10.0. The minimum Gasteiger partial charge on any atom is -0.493 e. The second-order valence-corrected chi connectivity index (χ2v) is 6.73. The number of aryl methyl sites for hydroxylation is 1. The molecule has 0 saturated carbocycles. The van der Waals surface area contributed by atoms with Gasteiger partial charge in [-0.25, -0.2) is 10.2 Å². The Labute approximate surface area is 176 Å². The molecule has 8 nitrogen and oxygen atoms in total. The summed E-state index contributed by atoms with van der Waals surface area (Å²) in [5.74, 6) is 0.123. The van der Waals surface area contributed by atoms with E-state index in [1.807, 2.05) is 12.1 Å². The molecule has 0 aliphatic heterocycles. The van der Waals surface area contributed by atoms with Crippen molar-refractivity contribution in [2.45, 2.75) is 6.92 Å². The van der Waals surface area contributed by atoms with Gasteiger partial charge in [-0.1, -0.05) is 18.2 Å². The van der Waals surface area contributed by atoms with E-state index in [9.17, 15) is 9.59 Å². The Balaban J connectivity index is 1.46. The molecule has 2 aromatic heterocycles. The topological polar surface area (TPSA) is 114 Å². The molecule has 31 heavy (non-hydrogen) atoms. The monoisotopic (exact) mass is 418 g/mol. The summed E-state index contributed by atoms with van der Waals surface area (Å²) >= 11 is 0. The van der Waals surface area contributed by atoms with Crippen LogP contribution in [0.2, 0.25) is 0 Å². The lowest BCUT2D eigenvalue weighted by Crippen LogP contribution is -2.16. The molecule has 0 radical (unpaired) electrons. The first kappa shape index (κ1) is 20.0. The highest BCUT2D eigenvalue weighted by Crippen LogP contribution is 2.28. The molecule has 0 aliphatic carbocycles. The van der Waals surface area contributed by atoms with Crippen molar-refractivity contribution in [3.8, 4) is 17.1 Å². The maximum atomic E-state index is 12.3. The number of methoxy groups -OCH3 is 1. The number of hydrogen-bond acceptors (Lipinski definition) is 6. The summed E-state index contributed by atoms with van der Waals surface area (Å²) in [6.07, 6.45) is 1.37. The third-order valence-corrected chi connectivity index (χ3v) is 4.68. The Morgan fingerprint density at radius 2 is 1.94 bits per heavy atom. The zero-order chi connectivity index (χ0) is 22.0. The number of carbonyl (C=O) groups excluding carboxylic acids is 1. The second kappa shape index (κ2) is 8.19. The van der Waals surface area contributed by atoms with E-state index in [0.29, 0.717) is 22.9 Å². The molecule has 156 valence electrons. The van der Waals surface area contributed by atoms with E-state index in [1.54, 1.807) is 43.3 Å². The Hall–Kier alpha value is -4.33. The fraction of sp³-hybridized carbons (Fsp3) is 0.0870. The average molecular weight is 418 g/mol. The highest BCUT2D eigenvalue weighted by molar-refractivity contribution is 5.97. The summed E-state index contributed by atoms with van der Waals surface area (Å²) in [4.78, 5) is 23.4. The summed E-state index contributed by atoms with van der Waals surface area (Å²) in [5, 5.41) is 13.7. The van der Waals surface area contributed by atoms with Crippen molar-refractivity contribution >= 4 is 29.1 Å². The van der Waals surface area contributed by atoms with Crippen molar-refractivity contribution in [2.75, 3.05) is 7.11 Å². The van der Waals surface area contributed by atoms with Gasteiger partial charge in [-0.15, -0.1) is 0 Å². The van der Waals surface area contributed by atoms with E-state index in [2.05, 4.69) is 10.5 Å². The van der Waals surface area contributed by atoms with Gasteiger partial charge in [-0.3, -0.25) is 4.79 Å². The minimum absolute atomic E-state index is 0.103. The van der Waals surface area contributed by atoms with Crippen LogP contribution in [0.4, 0.5) is 0 Å². The molecule has 4 aromatic rings. The quantitative estimate of drug-likeness (QED) is 0.353. The zero-order valence-corrected chi connectivity index (χ0v) is 16.7. The van der Waals surface area contributed by atoms with Crippen LogP contribution in [0.5, 0.6) is 5.75 Å². The van der Waals surface area contributed by atoms with Crippen molar-refractivity contribution in [1.82, 2.24) is 5.43 Å². The molecule has 2 heterocycles. The molecule has 2 aromatic carbocycles. The number of amides is 1. The number of nitrogens with one attached hydrogen (secondary N) is 1. The van der Waals surface area contributed by atoms with Crippen molar-refractivity contribution < 1.29 is 28.3 Å². The molecule has 0 unspecified atom stereocenters. The number of fused-ring (bicyclic) bond motifs is 1. The molecule has 0 saturated heterocycles. The van der Waals surface area contributed by atoms with Crippen LogP contribution in [-0.4, -0.2) is 30.3 Å². The summed E-state index contributed by atoms with van der Waals surface area (Å²) in [7, 11) is 1.53. The molecule has 0 bridgehead atoms. The first-order valence-corrected chi connectivity index (χ1v) is 9.30. The van der Waals surface area contributed by atoms with Gasteiger partial charge in [0.2, 0.25) is 0 Å². The Morgan fingerprint density at radius 3 is 2.68 bits per heavy atom. The number of carboxylic acids is 1. The summed E-state index contributed by atoms with van der Waals surface area (Å²) in [6, 6.07) is 15.2. The van der Waals surface area contributed by atoms with Gasteiger partial charge in [0.25, 0.3) is 0 Å². The smallest absolute Gasteiger partial charge is 0.335 e. The number of carbonyl (C=O) groups is 2. The highest BCUT2D eigenvalue weighted by atomic mass is 16.5. The van der Waals surface area contributed by atoms with Crippen LogP contribution in [0.15, 0.2) is 68.5 Å². The van der Waals surface area contributed by atoms with E-state index in [-0.39, 0.29) is 11.3 Å². The van der Waals surface area contributed by atoms with E-state index >= 15 is 0 Å². The number of hydrogen-bond donors (Lipinski definition) is 2. The van der Waals surface area contributed by atoms with Gasteiger partial charge in [0.15, 0.2) is 17.1 Å². The van der Waals surface area contributed by atoms with Crippen LogP contribution in [0.25, 0.3) is 22.3 Å². The number of hydrazone groups is 1. The predicted molar refractivity (Wildman–Crippen MR) is 114 cm³/mol. The Morgan fingerprint density at radius 1 is 1.10 bits per heavy atom. The maximum absolute atomic E-state index is 12.3. The normalized spacial score (nSPS) is 11.2. The van der Waals surface area contributed by atoms with Gasteiger partial charge in [0.05, 0.1) is 18.9 Å². The molecule has 0 fully saturated rings. The first-order valence-electron chi connectivity index (χ1n) is 9.30. The van der Waals surface area contributed by atoms with Crippen LogP contribution in [0, 0.1) is 6.92 Å². The summed E-state index contributed by atoms with van der Waals surface area (Å²) < 4.78 is 16.5. The number of furan rings is 2. The van der Waals surface area contributed by atoms with E-state index in [4.69, 9.17) is 18.7 Å². The van der Waals surface area contributed by atoms with Crippen LogP contribution < -0.4 is 10.2 Å². The number of carboxylic acid groups (broad SMARTS) is 1. The fourth-order valence-corrected chi connectivity index (χ4v) is 3.16. The molecule has 0 spiro atoms. The van der Waals surface area contributed by atoms with Crippen LogP contribution in [0.1, 0.15) is 32.2 Å². The predicted octanol–water partition coefficient (Wildman–Crippen LogP) is 4.47. The van der Waals surface area contributed by atoms with Gasteiger partial charge in [-0.2, -0.15) is 5.10 Å². The van der Waals surface area contributed by atoms with Gasteiger partial charge >= 0.3 is 11.9 Å². The number of ether oxygens (including phenoxy) is 1.